The maximum atomic E-state index is 13.0. The van der Waals surface area contributed by atoms with Gasteiger partial charge in [-0.25, -0.2) is 13.2 Å². The number of halogens is 3. The number of hydrogen-bond acceptors (Lipinski definition) is 2. The lowest BCUT2D eigenvalue weighted by Crippen LogP contribution is -1.91. The number of benzene rings is 1. The Morgan fingerprint density at radius 1 is 1.06 bits per heavy atom. The van der Waals surface area contributed by atoms with E-state index in [0.29, 0.717) is 24.2 Å². The van der Waals surface area contributed by atoms with E-state index in [1.54, 1.807) is 6.07 Å². The first-order valence-corrected chi connectivity index (χ1v) is 5.21. The summed E-state index contributed by atoms with van der Waals surface area (Å²) in [5, 5.41) is 8.42. The van der Waals surface area contributed by atoms with Crippen molar-refractivity contribution < 1.29 is 17.6 Å². The second kappa shape index (κ2) is 4.96. The molecule has 0 saturated carbocycles. The van der Waals surface area contributed by atoms with Crippen molar-refractivity contribution in [1.29, 1.82) is 5.26 Å². The molecule has 0 atom stereocenters. The average Bonchev–Trinajstić information content (AvgIpc) is 2.81. The van der Waals surface area contributed by atoms with Gasteiger partial charge in [-0.3, -0.25) is 0 Å². The average molecular weight is 251 g/mol. The van der Waals surface area contributed by atoms with Crippen LogP contribution in [0.15, 0.2) is 28.9 Å². The van der Waals surface area contributed by atoms with Crippen molar-refractivity contribution in [2.24, 2.45) is 0 Å². The standard InChI is InChI=1S/C13H8F3NO/c14-11-5-8(6-12(15)13(11)16)9-4-10(18-7-9)2-1-3-17/h4-7H,1-2H2. The minimum absolute atomic E-state index is 0.193. The fourth-order valence-electron chi connectivity index (χ4n) is 1.56. The Bertz CT molecular complexity index is 590. The van der Waals surface area contributed by atoms with Gasteiger partial charge in [0.25, 0.3) is 0 Å². The van der Waals surface area contributed by atoms with Gasteiger partial charge in [0.15, 0.2) is 17.5 Å². The van der Waals surface area contributed by atoms with Crippen molar-refractivity contribution in [3.05, 3.63) is 47.7 Å². The topological polar surface area (TPSA) is 36.9 Å². The molecule has 0 aliphatic carbocycles. The van der Waals surface area contributed by atoms with E-state index in [2.05, 4.69) is 0 Å². The normalized spacial score (nSPS) is 10.3. The molecule has 0 spiro atoms. The van der Waals surface area contributed by atoms with E-state index in [9.17, 15) is 13.2 Å². The summed E-state index contributed by atoms with van der Waals surface area (Å²) in [4.78, 5) is 0. The molecule has 0 unspecified atom stereocenters. The molecule has 1 heterocycles. The summed E-state index contributed by atoms with van der Waals surface area (Å²) < 4.78 is 44.0. The van der Waals surface area contributed by atoms with Crippen molar-refractivity contribution in [2.45, 2.75) is 12.8 Å². The van der Waals surface area contributed by atoms with E-state index in [1.165, 1.54) is 6.26 Å². The Labute approximate surface area is 101 Å². The zero-order valence-corrected chi connectivity index (χ0v) is 9.21. The van der Waals surface area contributed by atoms with Crippen LogP contribution in [0.1, 0.15) is 12.2 Å². The smallest absolute Gasteiger partial charge is 0.194 e. The third kappa shape index (κ3) is 2.38. The van der Waals surface area contributed by atoms with Crippen molar-refractivity contribution in [1.82, 2.24) is 0 Å². The third-order valence-corrected chi connectivity index (χ3v) is 2.45. The monoisotopic (exact) mass is 251 g/mol. The molecule has 0 N–H and O–H groups in total. The van der Waals surface area contributed by atoms with Crippen molar-refractivity contribution in [3.8, 4) is 17.2 Å². The molecule has 1 aromatic carbocycles. The zero-order valence-electron chi connectivity index (χ0n) is 9.21. The highest BCUT2D eigenvalue weighted by molar-refractivity contribution is 5.63. The van der Waals surface area contributed by atoms with Gasteiger partial charge in [0.1, 0.15) is 5.76 Å². The quantitative estimate of drug-likeness (QED) is 0.777. The molecule has 0 radical (unpaired) electrons. The van der Waals surface area contributed by atoms with Crippen molar-refractivity contribution in [2.75, 3.05) is 0 Å². The Hall–Kier alpha value is -2.22. The molecule has 18 heavy (non-hydrogen) atoms. The van der Waals surface area contributed by atoms with Crippen LogP contribution < -0.4 is 0 Å². The fourth-order valence-corrected chi connectivity index (χ4v) is 1.56. The molecule has 2 nitrogen and oxygen atoms in total. The van der Waals surface area contributed by atoms with Gasteiger partial charge in [-0.2, -0.15) is 5.26 Å². The van der Waals surface area contributed by atoms with Gasteiger partial charge in [0.2, 0.25) is 0 Å². The largest absolute Gasteiger partial charge is 0.469 e. The number of nitrogens with zero attached hydrogens (tertiary/aromatic N) is 1. The summed E-state index contributed by atoms with van der Waals surface area (Å²) in [7, 11) is 0. The van der Waals surface area contributed by atoms with Crippen LogP contribution in [0, 0.1) is 28.8 Å². The lowest BCUT2D eigenvalue weighted by Gasteiger charge is -1.99. The molecule has 2 rings (SSSR count). The van der Waals surface area contributed by atoms with E-state index in [1.807, 2.05) is 6.07 Å². The number of nitriles is 1. The van der Waals surface area contributed by atoms with Crippen LogP contribution in [0.5, 0.6) is 0 Å². The summed E-state index contributed by atoms with van der Waals surface area (Å²) in [5.74, 6) is -3.45. The highest BCUT2D eigenvalue weighted by atomic mass is 19.2. The molecule has 5 heteroatoms. The molecule has 0 saturated heterocycles. The van der Waals surface area contributed by atoms with Crippen LogP contribution >= 0.6 is 0 Å². The Kier molecular flexibility index (Phi) is 3.38. The molecule has 1 aromatic heterocycles. The summed E-state index contributed by atoms with van der Waals surface area (Å²) in [6.45, 7) is 0. The lowest BCUT2D eigenvalue weighted by atomic mass is 10.1. The van der Waals surface area contributed by atoms with Crippen LogP contribution in [0.3, 0.4) is 0 Å². The Morgan fingerprint density at radius 2 is 1.72 bits per heavy atom. The molecule has 0 aliphatic rings. The van der Waals surface area contributed by atoms with E-state index < -0.39 is 17.5 Å². The number of rotatable bonds is 3. The lowest BCUT2D eigenvalue weighted by molar-refractivity contribution is 0.447. The first-order chi connectivity index (χ1) is 8.61. The Balaban J connectivity index is 2.32. The highest BCUT2D eigenvalue weighted by Gasteiger charge is 2.13. The molecule has 0 fully saturated rings. The summed E-state index contributed by atoms with van der Waals surface area (Å²) in [5.41, 5.74) is 0.638. The summed E-state index contributed by atoms with van der Waals surface area (Å²) >= 11 is 0. The Morgan fingerprint density at radius 3 is 2.33 bits per heavy atom. The van der Waals surface area contributed by atoms with E-state index in [0.717, 1.165) is 12.1 Å². The van der Waals surface area contributed by atoms with Gasteiger partial charge in [-0.05, 0) is 23.8 Å². The molecule has 0 bridgehead atoms. The van der Waals surface area contributed by atoms with Crippen LogP contribution in [-0.2, 0) is 6.42 Å². The van der Waals surface area contributed by atoms with E-state index >= 15 is 0 Å². The first kappa shape index (κ1) is 12.2. The van der Waals surface area contributed by atoms with Gasteiger partial charge in [-0.15, -0.1) is 0 Å². The van der Waals surface area contributed by atoms with Gasteiger partial charge in [-0.1, -0.05) is 0 Å². The zero-order chi connectivity index (χ0) is 13.1. The van der Waals surface area contributed by atoms with Crippen molar-refractivity contribution >= 4 is 0 Å². The third-order valence-electron chi connectivity index (χ3n) is 2.45. The van der Waals surface area contributed by atoms with Gasteiger partial charge < -0.3 is 4.42 Å². The van der Waals surface area contributed by atoms with Gasteiger partial charge in [0.05, 0.1) is 12.3 Å². The van der Waals surface area contributed by atoms with Crippen LogP contribution in [0.25, 0.3) is 11.1 Å². The second-order valence-corrected chi connectivity index (χ2v) is 3.71. The molecule has 0 amide bonds. The fraction of sp³-hybridized carbons (Fsp3) is 0.154. The number of furan rings is 1. The SMILES string of the molecule is N#CCCc1cc(-c2cc(F)c(F)c(F)c2)co1. The predicted molar refractivity (Wildman–Crippen MR) is 58.0 cm³/mol. The van der Waals surface area contributed by atoms with Crippen molar-refractivity contribution in [3.63, 3.8) is 0 Å². The summed E-state index contributed by atoms with van der Waals surface area (Å²) in [6, 6.07) is 5.33. The van der Waals surface area contributed by atoms with Gasteiger partial charge in [0, 0.05) is 18.4 Å². The summed E-state index contributed by atoms with van der Waals surface area (Å²) in [6.07, 6.45) is 2.03. The van der Waals surface area contributed by atoms with Crippen LogP contribution in [0.4, 0.5) is 13.2 Å². The molecule has 0 aliphatic heterocycles. The molecular weight excluding hydrogens is 243 g/mol. The number of hydrogen-bond donors (Lipinski definition) is 0. The second-order valence-electron chi connectivity index (χ2n) is 3.71. The van der Waals surface area contributed by atoms with E-state index in [-0.39, 0.29) is 5.56 Å². The van der Waals surface area contributed by atoms with Crippen LogP contribution in [-0.4, -0.2) is 0 Å². The van der Waals surface area contributed by atoms with Crippen LogP contribution in [0.2, 0.25) is 0 Å². The first-order valence-electron chi connectivity index (χ1n) is 5.21. The highest BCUT2D eigenvalue weighted by Crippen LogP contribution is 2.26. The molecular formula is C13H8F3NO. The molecule has 2 aromatic rings. The minimum Gasteiger partial charge on any atom is -0.469 e. The predicted octanol–water partition coefficient (Wildman–Crippen LogP) is 3.82. The molecule has 92 valence electrons. The van der Waals surface area contributed by atoms with E-state index in [4.69, 9.17) is 9.68 Å². The van der Waals surface area contributed by atoms with Gasteiger partial charge >= 0.3 is 0 Å². The maximum Gasteiger partial charge on any atom is 0.194 e. The number of aryl methyl sites for hydroxylation is 1. The maximum absolute atomic E-state index is 13.0. The minimum atomic E-state index is -1.49.